The predicted octanol–water partition coefficient (Wildman–Crippen LogP) is 2.94. The summed E-state index contributed by atoms with van der Waals surface area (Å²) in [7, 11) is -4.22. The summed E-state index contributed by atoms with van der Waals surface area (Å²) in [5.41, 5.74) is 0. The van der Waals surface area contributed by atoms with E-state index in [1.54, 1.807) is 0 Å². The third kappa shape index (κ3) is 20.6. The van der Waals surface area contributed by atoms with Gasteiger partial charge in [0.2, 0.25) is 0 Å². The van der Waals surface area contributed by atoms with Crippen LogP contribution in [0.1, 0.15) is 123 Å². The molecule has 0 aromatic heterocycles. The van der Waals surface area contributed by atoms with E-state index in [2.05, 4.69) is 6.92 Å². The van der Waals surface area contributed by atoms with Gasteiger partial charge in [-0.1, -0.05) is 90.9 Å². The van der Waals surface area contributed by atoms with Crippen LogP contribution in [0.4, 0.5) is 0 Å². The molecular weight excluding hydrogens is 387 g/mol. The molecule has 2 unspecified atom stereocenters. The Labute approximate surface area is 211 Å². The summed E-state index contributed by atoms with van der Waals surface area (Å²) in [6, 6.07) is 0. The van der Waals surface area contributed by atoms with E-state index in [9.17, 15) is 18.1 Å². The average Bonchev–Trinajstić information content (AvgIpc) is 2.57. The van der Waals surface area contributed by atoms with Crippen LogP contribution in [0, 0.1) is 0 Å². The van der Waals surface area contributed by atoms with Crippen LogP contribution in [0.3, 0.4) is 0 Å². The number of aliphatic hydroxyl groups excluding tert-OH is 1. The van der Waals surface area contributed by atoms with Crippen molar-refractivity contribution in [2.45, 2.75) is 134 Å². The Morgan fingerprint density at radius 1 is 0.667 bits per heavy atom. The molecule has 0 aliphatic heterocycles. The van der Waals surface area contributed by atoms with Crippen LogP contribution in [0.5, 0.6) is 0 Å². The summed E-state index contributed by atoms with van der Waals surface area (Å²) in [5, 5.41) is 8.95. The molecule has 0 aliphatic carbocycles. The van der Waals surface area contributed by atoms with Crippen LogP contribution in [0.25, 0.3) is 0 Å². The molecule has 4 nitrogen and oxygen atoms in total. The number of hydrogen-bond donors (Lipinski definition) is 1. The Morgan fingerprint density at radius 3 is 1.56 bits per heavy atom. The van der Waals surface area contributed by atoms with Crippen molar-refractivity contribution >= 4 is 10.1 Å². The molecule has 0 bridgehead atoms. The van der Waals surface area contributed by atoms with Crippen LogP contribution in [-0.2, 0) is 10.1 Å². The Bertz CT molecular complexity index is 401. The Kier molecular flexibility index (Phi) is 23.6. The van der Waals surface area contributed by atoms with Crippen LogP contribution in [0.15, 0.2) is 0 Å². The van der Waals surface area contributed by atoms with Gasteiger partial charge >= 0.3 is 51.4 Å². The molecule has 0 saturated carbocycles. The topological polar surface area (TPSA) is 77.4 Å². The van der Waals surface area contributed by atoms with E-state index in [4.69, 9.17) is 0 Å². The SMILES string of the molecule is CCCCCCCCCCCCCC(CCCC(O)CCC)S(=O)(=O)[O-].[K+]. The predicted molar refractivity (Wildman–Crippen MR) is 109 cm³/mol. The fourth-order valence-electron chi connectivity index (χ4n) is 3.53. The molecule has 0 amide bonds. The van der Waals surface area contributed by atoms with Gasteiger partial charge in [0.25, 0.3) is 0 Å². The van der Waals surface area contributed by atoms with Crippen LogP contribution < -0.4 is 51.4 Å². The summed E-state index contributed by atoms with van der Waals surface area (Å²) < 4.78 is 34.3. The Hall–Kier alpha value is 1.51. The minimum Gasteiger partial charge on any atom is -0.748 e. The largest absolute Gasteiger partial charge is 1.00 e. The molecule has 0 aromatic rings. The molecule has 0 aliphatic rings. The third-order valence-corrected chi connectivity index (χ3v) is 6.51. The van der Waals surface area contributed by atoms with Crippen molar-refractivity contribution in [3.8, 4) is 0 Å². The van der Waals surface area contributed by atoms with Crippen molar-refractivity contribution in [3.63, 3.8) is 0 Å². The van der Waals surface area contributed by atoms with Gasteiger partial charge in [-0.3, -0.25) is 0 Å². The number of hydrogen-bond acceptors (Lipinski definition) is 4. The summed E-state index contributed by atoms with van der Waals surface area (Å²) in [6.07, 6.45) is 16.8. The zero-order chi connectivity index (χ0) is 19.7. The first-order valence-electron chi connectivity index (χ1n) is 11.0. The maximum Gasteiger partial charge on any atom is 1.00 e. The molecule has 0 saturated heterocycles. The molecule has 0 heterocycles. The first kappa shape index (κ1) is 30.7. The van der Waals surface area contributed by atoms with Gasteiger partial charge in [-0.15, -0.1) is 0 Å². The first-order valence-corrected chi connectivity index (χ1v) is 12.5. The molecule has 27 heavy (non-hydrogen) atoms. The van der Waals surface area contributed by atoms with Crippen molar-refractivity contribution < 1.29 is 69.5 Å². The molecule has 0 rings (SSSR count). The minimum atomic E-state index is -4.22. The number of unbranched alkanes of at least 4 members (excludes halogenated alkanes) is 10. The molecule has 6 heteroatoms. The van der Waals surface area contributed by atoms with E-state index in [-0.39, 0.29) is 57.5 Å². The molecule has 2 atom stereocenters. The maximum absolute atomic E-state index is 11.4. The number of rotatable bonds is 19. The smallest absolute Gasteiger partial charge is 0.748 e. The van der Waals surface area contributed by atoms with Gasteiger partial charge in [-0.05, 0) is 32.1 Å². The molecule has 0 fully saturated rings. The average molecular weight is 431 g/mol. The molecule has 158 valence electrons. The van der Waals surface area contributed by atoms with Crippen molar-refractivity contribution in [2.24, 2.45) is 0 Å². The van der Waals surface area contributed by atoms with Gasteiger partial charge in [-0.25, -0.2) is 8.42 Å². The minimum absolute atomic E-state index is 0. The normalized spacial score (nSPS) is 13.9. The fourth-order valence-corrected chi connectivity index (χ4v) is 4.44. The summed E-state index contributed by atoms with van der Waals surface area (Å²) in [6.45, 7) is 4.25. The zero-order valence-electron chi connectivity index (χ0n) is 18.3. The van der Waals surface area contributed by atoms with E-state index < -0.39 is 15.4 Å². The summed E-state index contributed by atoms with van der Waals surface area (Å²) in [5.74, 6) is 0. The number of aliphatic hydroxyl groups is 1. The van der Waals surface area contributed by atoms with Crippen LogP contribution in [-0.4, -0.2) is 29.4 Å². The second kappa shape index (κ2) is 20.8. The van der Waals surface area contributed by atoms with E-state index in [0.29, 0.717) is 25.7 Å². The Balaban J connectivity index is 0. The van der Waals surface area contributed by atoms with E-state index in [0.717, 1.165) is 32.1 Å². The van der Waals surface area contributed by atoms with Gasteiger partial charge in [0.05, 0.1) is 16.2 Å². The van der Waals surface area contributed by atoms with Gasteiger partial charge in [-0.2, -0.15) is 0 Å². The van der Waals surface area contributed by atoms with Crippen molar-refractivity contribution in [3.05, 3.63) is 0 Å². The summed E-state index contributed by atoms with van der Waals surface area (Å²) in [4.78, 5) is 0. The molecule has 0 aromatic carbocycles. The Morgan fingerprint density at radius 2 is 1.11 bits per heavy atom. The van der Waals surface area contributed by atoms with E-state index in [1.807, 2.05) is 6.92 Å². The van der Waals surface area contributed by atoms with Gasteiger partial charge < -0.3 is 9.66 Å². The molecule has 0 radical (unpaired) electrons. The van der Waals surface area contributed by atoms with Crippen LogP contribution in [0.2, 0.25) is 0 Å². The molecular formula is C21H43KO4S. The van der Waals surface area contributed by atoms with Gasteiger partial charge in [0, 0.05) is 5.25 Å². The second-order valence-corrected chi connectivity index (χ2v) is 9.46. The first-order chi connectivity index (χ1) is 12.4. The molecule has 1 N–H and O–H groups in total. The molecule has 0 spiro atoms. The second-order valence-electron chi connectivity index (χ2n) is 7.81. The van der Waals surface area contributed by atoms with Crippen LogP contribution >= 0.6 is 0 Å². The standard InChI is InChI=1S/C21H44O4S.K/c1-3-5-6-7-8-9-10-11-12-13-14-18-21(26(23,24)25)19-15-17-20(22)16-4-2;/h20-22H,3-19H2,1-2H3,(H,23,24,25);/q;+1/p-1. The van der Waals surface area contributed by atoms with E-state index in [1.165, 1.54) is 51.4 Å². The quantitative estimate of drug-likeness (QED) is 0.194. The summed E-state index contributed by atoms with van der Waals surface area (Å²) >= 11 is 0. The fraction of sp³-hybridized carbons (Fsp3) is 1.00. The van der Waals surface area contributed by atoms with Gasteiger partial charge in [0.1, 0.15) is 0 Å². The monoisotopic (exact) mass is 430 g/mol. The van der Waals surface area contributed by atoms with Crippen molar-refractivity contribution in [1.82, 2.24) is 0 Å². The third-order valence-electron chi connectivity index (χ3n) is 5.22. The zero-order valence-corrected chi connectivity index (χ0v) is 22.2. The van der Waals surface area contributed by atoms with Crippen molar-refractivity contribution in [1.29, 1.82) is 0 Å². The van der Waals surface area contributed by atoms with Crippen molar-refractivity contribution in [2.75, 3.05) is 0 Å². The maximum atomic E-state index is 11.4. The van der Waals surface area contributed by atoms with E-state index >= 15 is 0 Å². The van der Waals surface area contributed by atoms with Gasteiger partial charge in [0.15, 0.2) is 0 Å².